The van der Waals surface area contributed by atoms with Gasteiger partial charge in [-0.1, -0.05) is 13.8 Å². The number of likely N-dealkylation sites (tertiary alicyclic amines) is 1. The van der Waals surface area contributed by atoms with Crippen molar-refractivity contribution in [2.24, 2.45) is 11.3 Å². The van der Waals surface area contributed by atoms with Crippen LogP contribution >= 0.6 is 0 Å². The van der Waals surface area contributed by atoms with Gasteiger partial charge in [-0.15, -0.1) is 0 Å². The molecule has 0 saturated carbocycles. The lowest BCUT2D eigenvalue weighted by molar-refractivity contribution is -0.143. The van der Waals surface area contributed by atoms with Crippen molar-refractivity contribution in [3.63, 3.8) is 0 Å². The number of nitrogens with zero attached hydrogens (tertiary/aromatic N) is 1. The maximum Gasteiger partial charge on any atom is 0.410 e. The van der Waals surface area contributed by atoms with Crippen LogP contribution in [0.3, 0.4) is 0 Å². The molecule has 0 spiro atoms. The van der Waals surface area contributed by atoms with Crippen molar-refractivity contribution in [1.29, 1.82) is 0 Å². The van der Waals surface area contributed by atoms with Crippen molar-refractivity contribution in [1.82, 2.24) is 4.90 Å². The van der Waals surface area contributed by atoms with Gasteiger partial charge in [0.05, 0.1) is 6.42 Å². The number of rotatable bonds is 6. The van der Waals surface area contributed by atoms with Gasteiger partial charge in [-0.2, -0.15) is 0 Å². The van der Waals surface area contributed by atoms with Crippen molar-refractivity contribution in [3.8, 4) is 0 Å². The summed E-state index contributed by atoms with van der Waals surface area (Å²) in [5.74, 6) is -0.549. The summed E-state index contributed by atoms with van der Waals surface area (Å²) in [6, 6.07) is 0. The molecule has 1 saturated heterocycles. The molecule has 1 aliphatic rings. The number of carbonyl (C=O) groups excluding carboxylic acids is 2. The molecule has 0 radical (unpaired) electrons. The second-order valence-electron chi connectivity index (χ2n) is 8.33. The van der Waals surface area contributed by atoms with Crippen LogP contribution in [0, 0.1) is 11.3 Å². The lowest BCUT2D eigenvalue weighted by Crippen LogP contribution is -2.41. The second-order valence-corrected chi connectivity index (χ2v) is 8.33. The Labute approximate surface area is 144 Å². The third-order valence-electron chi connectivity index (χ3n) is 4.39. The van der Waals surface area contributed by atoms with Crippen molar-refractivity contribution >= 4 is 17.8 Å². The molecule has 1 aliphatic heterocycles. The van der Waals surface area contributed by atoms with E-state index in [0.29, 0.717) is 25.4 Å². The maximum absolute atomic E-state index is 12.2. The highest BCUT2D eigenvalue weighted by atomic mass is 16.6. The predicted octanol–water partition coefficient (Wildman–Crippen LogP) is 3.48. The quantitative estimate of drug-likeness (QED) is 0.799. The average Bonchev–Trinajstić information content (AvgIpc) is 2.42. The highest BCUT2D eigenvalue weighted by molar-refractivity contribution is 5.87. The first-order valence-electron chi connectivity index (χ1n) is 8.64. The van der Waals surface area contributed by atoms with Crippen LogP contribution in [-0.2, 0) is 14.3 Å². The first-order chi connectivity index (χ1) is 10.9. The Morgan fingerprint density at radius 3 is 2.08 bits per heavy atom. The zero-order valence-electron chi connectivity index (χ0n) is 15.6. The van der Waals surface area contributed by atoms with Crippen LogP contribution in [0.5, 0.6) is 0 Å². The second kappa shape index (κ2) is 7.99. The lowest BCUT2D eigenvalue weighted by atomic mass is 9.80. The summed E-state index contributed by atoms with van der Waals surface area (Å²) < 4.78 is 5.37. The molecule has 138 valence electrons. The fourth-order valence-electron chi connectivity index (χ4n) is 2.88. The molecule has 0 aliphatic carbocycles. The maximum atomic E-state index is 12.2. The fraction of sp³-hybridized carbons (Fsp3) is 0.833. The molecule has 24 heavy (non-hydrogen) atoms. The molecule has 6 heteroatoms. The Hall–Kier alpha value is -1.59. The summed E-state index contributed by atoms with van der Waals surface area (Å²) in [4.78, 5) is 36.8. The Kier molecular flexibility index (Phi) is 6.81. The monoisotopic (exact) mass is 341 g/mol. The van der Waals surface area contributed by atoms with Crippen molar-refractivity contribution in [2.75, 3.05) is 13.1 Å². The third kappa shape index (κ3) is 6.89. The minimum atomic E-state index is -0.945. The highest BCUT2D eigenvalue weighted by Crippen LogP contribution is 2.28. The number of aliphatic carboxylic acids is 1. The van der Waals surface area contributed by atoms with Crippen LogP contribution in [0.1, 0.15) is 66.7 Å². The van der Waals surface area contributed by atoms with Crippen LogP contribution in [0.15, 0.2) is 0 Å². The molecule has 1 fully saturated rings. The zero-order valence-corrected chi connectivity index (χ0v) is 15.6. The van der Waals surface area contributed by atoms with Gasteiger partial charge < -0.3 is 14.7 Å². The zero-order chi connectivity index (χ0) is 18.5. The van der Waals surface area contributed by atoms with Gasteiger partial charge in [0.15, 0.2) is 0 Å². The molecule has 1 rings (SSSR count). The Morgan fingerprint density at radius 1 is 1.08 bits per heavy atom. The minimum Gasteiger partial charge on any atom is -0.481 e. The molecule has 0 aromatic rings. The minimum absolute atomic E-state index is 0.000489. The van der Waals surface area contributed by atoms with Gasteiger partial charge in [-0.3, -0.25) is 9.59 Å². The number of piperidine rings is 1. The molecule has 1 amide bonds. The molecule has 0 atom stereocenters. The highest BCUT2D eigenvalue weighted by Gasteiger charge is 2.31. The summed E-state index contributed by atoms with van der Waals surface area (Å²) in [6.45, 7) is 10.2. The van der Waals surface area contributed by atoms with Crippen LogP contribution in [0.4, 0.5) is 4.79 Å². The molecule has 0 aromatic carbocycles. The molecule has 1 heterocycles. The van der Waals surface area contributed by atoms with Crippen LogP contribution in [0.25, 0.3) is 0 Å². The number of amides is 1. The number of carboxylic acids is 1. The van der Waals surface area contributed by atoms with E-state index < -0.39 is 17.0 Å². The summed E-state index contributed by atoms with van der Waals surface area (Å²) in [6.07, 6.45) is 2.45. The predicted molar refractivity (Wildman–Crippen MR) is 90.8 cm³/mol. The Bertz CT molecular complexity index is 470. The van der Waals surface area contributed by atoms with Gasteiger partial charge in [0.1, 0.15) is 11.4 Å². The van der Waals surface area contributed by atoms with Crippen LogP contribution in [0.2, 0.25) is 0 Å². The number of hydrogen-bond donors (Lipinski definition) is 1. The van der Waals surface area contributed by atoms with E-state index in [1.807, 2.05) is 20.8 Å². The number of Topliss-reactive ketones (excluding diaryl/α,β-unsaturated/α-hetero) is 1. The average molecular weight is 341 g/mol. The smallest absolute Gasteiger partial charge is 0.410 e. The van der Waals surface area contributed by atoms with E-state index >= 15 is 0 Å². The molecule has 0 aromatic heterocycles. The standard InChI is InChI=1S/C18H31NO5/c1-17(2,3)24-16(23)19-10-8-13(9-11-19)6-7-14(20)18(4,5)12-15(21)22/h13H,6-12H2,1-5H3,(H,21,22). The third-order valence-corrected chi connectivity index (χ3v) is 4.39. The van der Waals surface area contributed by atoms with Crippen molar-refractivity contribution in [2.45, 2.75) is 72.3 Å². The topological polar surface area (TPSA) is 83.9 Å². The first-order valence-corrected chi connectivity index (χ1v) is 8.64. The van der Waals surface area contributed by atoms with Gasteiger partial charge in [-0.05, 0) is 46.0 Å². The molecule has 6 nitrogen and oxygen atoms in total. The number of carbonyl (C=O) groups is 3. The number of ether oxygens (including phenoxy) is 1. The molecule has 1 N–H and O–H groups in total. The fourth-order valence-corrected chi connectivity index (χ4v) is 2.88. The van der Waals surface area contributed by atoms with E-state index in [1.54, 1.807) is 18.7 Å². The van der Waals surface area contributed by atoms with Gasteiger partial charge in [0.2, 0.25) is 0 Å². The largest absolute Gasteiger partial charge is 0.481 e. The van der Waals surface area contributed by atoms with Gasteiger partial charge in [0, 0.05) is 24.9 Å². The lowest BCUT2D eigenvalue weighted by Gasteiger charge is -2.33. The van der Waals surface area contributed by atoms with E-state index in [-0.39, 0.29) is 18.3 Å². The summed E-state index contributed by atoms with van der Waals surface area (Å²) in [5, 5.41) is 8.88. The SMILES string of the molecule is CC(C)(C)OC(=O)N1CCC(CCC(=O)C(C)(C)CC(=O)O)CC1. The molecular formula is C18H31NO5. The van der Waals surface area contributed by atoms with E-state index in [9.17, 15) is 14.4 Å². The van der Waals surface area contributed by atoms with E-state index in [2.05, 4.69) is 0 Å². The Morgan fingerprint density at radius 2 is 1.62 bits per heavy atom. The van der Waals surface area contributed by atoms with Crippen LogP contribution in [-0.4, -0.2) is 46.5 Å². The van der Waals surface area contributed by atoms with E-state index in [1.165, 1.54) is 0 Å². The van der Waals surface area contributed by atoms with E-state index in [0.717, 1.165) is 19.3 Å². The summed E-state index contributed by atoms with van der Waals surface area (Å²) in [7, 11) is 0. The van der Waals surface area contributed by atoms with E-state index in [4.69, 9.17) is 9.84 Å². The summed E-state index contributed by atoms with van der Waals surface area (Å²) >= 11 is 0. The normalized spacial score (nSPS) is 16.8. The summed E-state index contributed by atoms with van der Waals surface area (Å²) in [5.41, 5.74) is -1.31. The molecule has 0 bridgehead atoms. The van der Waals surface area contributed by atoms with Crippen molar-refractivity contribution in [3.05, 3.63) is 0 Å². The number of carboxylic acid groups (broad SMARTS) is 1. The van der Waals surface area contributed by atoms with Gasteiger partial charge in [-0.25, -0.2) is 4.79 Å². The number of hydrogen-bond acceptors (Lipinski definition) is 4. The molecule has 0 unspecified atom stereocenters. The van der Waals surface area contributed by atoms with Gasteiger partial charge in [0.25, 0.3) is 0 Å². The Balaban J connectivity index is 2.38. The van der Waals surface area contributed by atoms with Crippen LogP contribution < -0.4 is 0 Å². The first kappa shape index (κ1) is 20.5. The van der Waals surface area contributed by atoms with Crippen molar-refractivity contribution < 1.29 is 24.2 Å². The molecular weight excluding hydrogens is 310 g/mol. The number of ketones is 1. The van der Waals surface area contributed by atoms with Gasteiger partial charge >= 0.3 is 12.1 Å².